The van der Waals surface area contributed by atoms with Crippen molar-refractivity contribution < 1.29 is 0 Å². The van der Waals surface area contributed by atoms with Gasteiger partial charge in [0.1, 0.15) is 0 Å². The monoisotopic (exact) mass is 339 g/mol. The molecule has 1 atom stereocenters. The third-order valence-corrected chi connectivity index (χ3v) is 5.19. The van der Waals surface area contributed by atoms with Gasteiger partial charge < -0.3 is 5.73 Å². The van der Waals surface area contributed by atoms with Gasteiger partial charge in [-0.2, -0.15) is 0 Å². The molecule has 0 aromatic heterocycles. The van der Waals surface area contributed by atoms with E-state index in [1.807, 2.05) is 18.2 Å². The largest absolute Gasteiger partial charge is 0.327 e. The van der Waals surface area contributed by atoms with Crippen LogP contribution in [0.2, 0.25) is 10.0 Å². The quantitative estimate of drug-likeness (QED) is 0.752. The Bertz CT molecular complexity index is 628. The molecule has 2 aromatic rings. The molecular weight excluding hydrogens is 321 g/mol. The van der Waals surface area contributed by atoms with E-state index < -0.39 is 0 Å². The van der Waals surface area contributed by atoms with Gasteiger partial charge in [0.2, 0.25) is 0 Å². The Morgan fingerprint density at radius 2 is 1.86 bits per heavy atom. The van der Waals surface area contributed by atoms with E-state index in [0.29, 0.717) is 10.0 Å². The van der Waals surface area contributed by atoms with Crippen molar-refractivity contribution in [3.63, 3.8) is 0 Å². The van der Waals surface area contributed by atoms with Gasteiger partial charge in [0.15, 0.2) is 0 Å². The zero-order valence-corrected chi connectivity index (χ0v) is 14.5. The summed E-state index contributed by atoms with van der Waals surface area (Å²) < 4.78 is 0. The highest BCUT2D eigenvalue weighted by Gasteiger charge is 2.09. The Morgan fingerprint density at radius 1 is 1.10 bits per heavy atom. The van der Waals surface area contributed by atoms with Crippen LogP contribution in [0.1, 0.15) is 24.5 Å². The van der Waals surface area contributed by atoms with Crippen molar-refractivity contribution in [1.29, 1.82) is 0 Å². The van der Waals surface area contributed by atoms with Gasteiger partial charge >= 0.3 is 0 Å². The number of hydrogen-bond donors (Lipinski definition) is 1. The molecule has 0 spiro atoms. The van der Waals surface area contributed by atoms with Gasteiger partial charge in [-0.3, -0.25) is 0 Å². The standard InChI is InChI=1S/C17H19Cl2NS/c1-3-13(20)9-12-8-11(2)4-7-17(12)21-14-5-6-15(18)16(19)10-14/h4-8,10,13H,3,9,20H2,1-2H3. The maximum absolute atomic E-state index is 6.11. The van der Waals surface area contributed by atoms with Crippen LogP contribution >= 0.6 is 35.0 Å². The minimum atomic E-state index is 0.194. The summed E-state index contributed by atoms with van der Waals surface area (Å²) in [7, 11) is 0. The third kappa shape index (κ3) is 4.65. The molecule has 2 N–H and O–H groups in total. The zero-order chi connectivity index (χ0) is 15.4. The molecule has 0 aliphatic rings. The van der Waals surface area contributed by atoms with Crippen LogP contribution in [0.5, 0.6) is 0 Å². The summed E-state index contributed by atoms with van der Waals surface area (Å²) >= 11 is 13.8. The summed E-state index contributed by atoms with van der Waals surface area (Å²) in [5.41, 5.74) is 8.66. The maximum atomic E-state index is 6.11. The summed E-state index contributed by atoms with van der Waals surface area (Å²) in [5, 5.41) is 1.17. The number of aryl methyl sites for hydroxylation is 1. The lowest BCUT2D eigenvalue weighted by Crippen LogP contribution is -2.21. The number of rotatable bonds is 5. The molecule has 1 unspecified atom stereocenters. The molecule has 112 valence electrons. The fourth-order valence-electron chi connectivity index (χ4n) is 2.06. The van der Waals surface area contributed by atoms with Gasteiger partial charge in [-0.15, -0.1) is 0 Å². The second-order valence-corrected chi connectivity index (χ2v) is 7.09. The van der Waals surface area contributed by atoms with Crippen molar-refractivity contribution in [2.75, 3.05) is 0 Å². The fraction of sp³-hybridized carbons (Fsp3) is 0.294. The second kappa shape index (κ2) is 7.55. The van der Waals surface area contributed by atoms with Crippen molar-refractivity contribution >= 4 is 35.0 Å². The lowest BCUT2D eigenvalue weighted by atomic mass is 10.0. The van der Waals surface area contributed by atoms with Crippen LogP contribution in [0.4, 0.5) is 0 Å². The molecule has 0 radical (unpaired) electrons. The Hall–Kier alpha value is -0.670. The molecule has 2 aromatic carbocycles. The summed E-state index contributed by atoms with van der Waals surface area (Å²) in [4.78, 5) is 2.31. The van der Waals surface area contributed by atoms with Crippen LogP contribution in [0, 0.1) is 6.92 Å². The first-order chi connectivity index (χ1) is 9.99. The topological polar surface area (TPSA) is 26.0 Å². The molecule has 0 aliphatic heterocycles. The van der Waals surface area contributed by atoms with Crippen molar-refractivity contribution in [3.05, 3.63) is 57.6 Å². The van der Waals surface area contributed by atoms with Crippen molar-refractivity contribution in [3.8, 4) is 0 Å². The van der Waals surface area contributed by atoms with Gasteiger partial charge in [-0.25, -0.2) is 0 Å². The first-order valence-electron chi connectivity index (χ1n) is 6.97. The predicted molar refractivity (Wildman–Crippen MR) is 93.7 cm³/mol. The highest BCUT2D eigenvalue weighted by molar-refractivity contribution is 7.99. The van der Waals surface area contributed by atoms with E-state index in [1.165, 1.54) is 16.0 Å². The zero-order valence-electron chi connectivity index (χ0n) is 12.2. The van der Waals surface area contributed by atoms with Crippen LogP contribution in [-0.4, -0.2) is 6.04 Å². The van der Waals surface area contributed by atoms with Crippen LogP contribution in [-0.2, 0) is 6.42 Å². The van der Waals surface area contributed by atoms with Gasteiger partial charge in [0.25, 0.3) is 0 Å². The molecule has 0 fully saturated rings. The van der Waals surface area contributed by atoms with E-state index in [0.717, 1.165) is 17.7 Å². The van der Waals surface area contributed by atoms with E-state index in [9.17, 15) is 0 Å². The van der Waals surface area contributed by atoms with Gasteiger partial charge in [-0.1, -0.05) is 59.6 Å². The Balaban J connectivity index is 2.28. The number of benzene rings is 2. The molecule has 0 heterocycles. The number of nitrogens with two attached hydrogens (primary N) is 1. The molecule has 0 saturated carbocycles. The first kappa shape index (κ1) is 16.7. The van der Waals surface area contributed by atoms with E-state index in [-0.39, 0.29) is 6.04 Å². The summed E-state index contributed by atoms with van der Waals surface area (Å²) in [6, 6.07) is 12.4. The molecule has 4 heteroatoms. The summed E-state index contributed by atoms with van der Waals surface area (Å²) in [5.74, 6) is 0. The van der Waals surface area contributed by atoms with Crippen molar-refractivity contribution in [2.45, 2.75) is 42.5 Å². The molecule has 1 nitrogen and oxygen atoms in total. The van der Waals surface area contributed by atoms with Crippen LogP contribution < -0.4 is 5.73 Å². The van der Waals surface area contributed by atoms with Crippen molar-refractivity contribution in [2.24, 2.45) is 5.73 Å². The first-order valence-corrected chi connectivity index (χ1v) is 8.55. The lowest BCUT2D eigenvalue weighted by Gasteiger charge is -2.14. The normalized spacial score (nSPS) is 12.4. The second-order valence-electron chi connectivity index (χ2n) is 5.16. The Labute approximate surface area is 140 Å². The number of halogens is 2. The molecule has 2 rings (SSSR count). The molecule has 0 saturated heterocycles. The molecule has 0 amide bonds. The molecular formula is C17H19Cl2NS. The molecule has 0 bridgehead atoms. The summed E-state index contributed by atoms with van der Waals surface area (Å²) in [6.07, 6.45) is 1.87. The lowest BCUT2D eigenvalue weighted by molar-refractivity contribution is 0.641. The minimum Gasteiger partial charge on any atom is -0.327 e. The minimum absolute atomic E-state index is 0.194. The summed E-state index contributed by atoms with van der Waals surface area (Å²) in [6.45, 7) is 4.22. The Kier molecular flexibility index (Phi) is 6.00. The van der Waals surface area contributed by atoms with Gasteiger partial charge in [0, 0.05) is 15.8 Å². The van der Waals surface area contributed by atoms with Crippen LogP contribution in [0.15, 0.2) is 46.2 Å². The van der Waals surface area contributed by atoms with Gasteiger partial charge in [-0.05, 0) is 49.6 Å². The van der Waals surface area contributed by atoms with Crippen LogP contribution in [0.25, 0.3) is 0 Å². The average molecular weight is 340 g/mol. The average Bonchev–Trinajstić information content (AvgIpc) is 2.45. The molecule has 0 aliphatic carbocycles. The van der Waals surface area contributed by atoms with E-state index in [4.69, 9.17) is 28.9 Å². The van der Waals surface area contributed by atoms with E-state index in [1.54, 1.807) is 11.8 Å². The van der Waals surface area contributed by atoms with Crippen LogP contribution in [0.3, 0.4) is 0 Å². The smallest absolute Gasteiger partial charge is 0.0603 e. The highest BCUT2D eigenvalue weighted by Crippen LogP contribution is 2.35. The SMILES string of the molecule is CCC(N)Cc1cc(C)ccc1Sc1ccc(Cl)c(Cl)c1. The predicted octanol–water partition coefficient (Wildman–Crippen LogP) is 5.73. The van der Waals surface area contributed by atoms with E-state index in [2.05, 4.69) is 32.0 Å². The van der Waals surface area contributed by atoms with E-state index >= 15 is 0 Å². The highest BCUT2D eigenvalue weighted by atomic mass is 35.5. The Morgan fingerprint density at radius 3 is 2.52 bits per heavy atom. The van der Waals surface area contributed by atoms with Crippen molar-refractivity contribution in [1.82, 2.24) is 0 Å². The fourth-order valence-corrected chi connectivity index (χ4v) is 3.40. The number of hydrogen-bond acceptors (Lipinski definition) is 2. The van der Waals surface area contributed by atoms with Gasteiger partial charge in [0.05, 0.1) is 10.0 Å². The molecule has 21 heavy (non-hydrogen) atoms. The third-order valence-electron chi connectivity index (χ3n) is 3.34. The maximum Gasteiger partial charge on any atom is 0.0603 e.